The lowest BCUT2D eigenvalue weighted by atomic mass is 10.2. The van der Waals surface area contributed by atoms with E-state index in [1.807, 2.05) is 25.1 Å². The molecule has 0 aromatic heterocycles. The van der Waals surface area contributed by atoms with Crippen LogP contribution in [0.5, 0.6) is 0 Å². The summed E-state index contributed by atoms with van der Waals surface area (Å²) in [7, 11) is 0. The molecule has 3 amide bonds. The summed E-state index contributed by atoms with van der Waals surface area (Å²) in [6, 6.07) is 8.52. The number of anilines is 1. The van der Waals surface area contributed by atoms with Gasteiger partial charge in [0.1, 0.15) is 6.04 Å². The van der Waals surface area contributed by atoms with E-state index in [9.17, 15) is 9.59 Å². The van der Waals surface area contributed by atoms with Gasteiger partial charge >= 0.3 is 6.03 Å². The van der Waals surface area contributed by atoms with E-state index in [-0.39, 0.29) is 18.0 Å². The van der Waals surface area contributed by atoms with Gasteiger partial charge in [-0.25, -0.2) is 4.79 Å². The van der Waals surface area contributed by atoms with Crippen molar-refractivity contribution >= 4 is 17.6 Å². The van der Waals surface area contributed by atoms with Crippen molar-refractivity contribution in [2.24, 2.45) is 0 Å². The second-order valence-corrected chi connectivity index (χ2v) is 5.33. The zero-order valence-corrected chi connectivity index (χ0v) is 12.4. The van der Waals surface area contributed by atoms with Crippen molar-refractivity contribution in [3.05, 3.63) is 30.3 Å². The Balaban J connectivity index is 1.84. The largest absolute Gasteiger partial charge is 0.338 e. The number of benzene rings is 1. The Hall–Kier alpha value is -2.08. The number of amides is 3. The normalized spacial score (nSPS) is 19.7. The third kappa shape index (κ3) is 4.46. The van der Waals surface area contributed by atoms with Crippen molar-refractivity contribution in [2.75, 3.05) is 25.0 Å². The molecule has 1 aromatic carbocycles. The third-order valence-electron chi connectivity index (χ3n) is 3.43. The molecular weight excluding hydrogens is 268 g/mol. The Kier molecular flexibility index (Phi) is 5.16. The van der Waals surface area contributed by atoms with Crippen LogP contribution in [-0.2, 0) is 4.79 Å². The van der Waals surface area contributed by atoms with Crippen molar-refractivity contribution in [1.82, 2.24) is 15.5 Å². The smallest absolute Gasteiger partial charge is 0.319 e. The van der Waals surface area contributed by atoms with E-state index in [1.54, 1.807) is 24.0 Å². The van der Waals surface area contributed by atoms with Crippen molar-refractivity contribution in [2.45, 2.75) is 25.9 Å². The molecule has 1 aliphatic rings. The highest BCUT2D eigenvalue weighted by Crippen LogP contribution is 2.05. The van der Waals surface area contributed by atoms with Crippen LogP contribution in [0.3, 0.4) is 0 Å². The van der Waals surface area contributed by atoms with Gasteiger partial charge in [-0.15, -0.1) is 0 Å². The zero-order valence-electron chi connectivity index (χ0n) is 12.4. The molecule has 6 heteroatoms. The summed E-state index contributed by atoms with van der Waals surface area (Å²) < 4.78 is 0. The zero-order chi connectivity index (χ0) is 15.2. The average Bonchev–Trinajstić information content (AvgIpc) is 2.47. The summed E-state index contributed by atoms with van der Waals surface area (Å²) in [5.74, 6) is -0.0495. The third-order valence-corrected chi connectivity index (χ3v) is 3.43. The molecule has 114 valence electrons. The first kappa shape index (κ1) is 15.3. The predicted molar refractivity (Wildman–Crippen MR) is 82.1 cm³/mol. The van der Waals surface area contributed by atoms with Crippen LogP contribution in [0.1, 0.15) is 13.8 Å². The molecule has 1 aromatic rings. The van der Waals surface area contributed by atoms with Crippen LogP contribution in [0.4, 0.5) is 10.5 Å². The minimum atomic E-state index is -0.543. The van der Waals surface area contributed by atoms with Gasteiger partial charge in [-0.2, -0.15) is 0 Å². The highest BCUT2D eigenvalue weighted by molar-refractivity contribution is 5.93. The average molecular weight is 290 g/mol. The fourth-order valence-electron chi connectivity index (χ4n) is 2.35. The Morgan fingerprint density at radius 2 is 2.05 bits per heavy atom. The van der Waals surface area contributed by atoms with Crippen LogP contribution in [0.25, 0.3) is 0 Å². The maximum absolute atomic E-state index is 12.3. The molecule has 2 atom stereocenters. The molecule has 21 heavy (non-hydrogen) atoms. The van der Waals surface area contributed by atoms with Crippen LogP contribution in [0.15, 0.2) is 30.3 Å². The van der Waals surface area contributed by atoms with E-state index >= 15 is 0 Å². The fourth-order valence-corrected chi connectivity index (χ4v) is 2.35. The number of hydrogen-bond acceptors (Lipinski definition) is 3. The van der Waals surface area contributed by atoms with Gasteiger partial charge < -0.3 is 20.9 Å². The monoisotopic (exact) mass is 290 g/mol. The molecule has 2 unspecified atom stereocenters. The topological polar surface area (TPSA) is 73.5 Å². The Bertz CT molecular complexity index is 492. The van der Waals surface area contributed by atoms with Crippen LogP contribution >= 0.6 is 0 Å². The second kappa shape index (κ2) is 7.08. The van der Waals surface area contributed by atoms with Crippen LogP contribution in [0.2, 0.25) is 0 Å². The summed E-state index contributed by atoms with van der Waals surface area (Å²) in [6.07, 6.45) is 0. The summed E-state index contributed by atoms with van der Waals surface area (Å²) in [5, 5.41) is 8.67. The van der Waals surface area contributed by atoms with Crippen molar-refractivity contribution < 1.29 is 9.59 Å². The lowest BCUT2D eigenvalue weighted by Crippen LogP contribution is -2.56. The number of hydrogen-bond donors (Lipinski definition) is 3. The Labute approximate surface area is 124 Å². The van der Waals surface area contributed by atoms with E-state index < -0.39 is 6.04 Å². The number of piperazine rings is 1. The van der Waals surface area contributed by atoms with Gasteiger partial charge in [0.15, 0.2) is 0 Å². The maximum atomic E-state index is 12.3. The number of carbonyl (C=O) groups is 2. The van der Waals surface area contributed by atoms with E-state index in [0.29, 0.717) is 18.8 Å². The van der Waals surface area contributed by atoms with Crippen molar-refractivity contribution in [1.29, 1.82) is 0 Å². The first-order valence-electron chi connectivity index (χ1n) is 7.21. The predicted octanol–water partition coefficient (Wildman–Crippen LogP) is 1.02. The molecule has 6 nitrogen and oxygen atoms in total. The van der Waals surface area contributed by atoms with Gasteiger partial charge in [-0.05, 0) is 26.0 Å². The molecule has 0 bridgehead atoms. The number of carbonyl (C=O) groups excluding carboxylic acids is 2. The van der Waals surface area contributed by atoms with Gasteiger partial charge in [0, 0.05) is 31.4 Å². The molecule has 1 aliphatic heterocycles. The van der Waals surface area contributed by atoms with Crippen LogP contribution in [0, 0.1) is 0 Å². The Morgan fingerprint density at radius 1 is 1.33 bits per heavy atom. The number of nitrogens with zero attached hydrogens (tertiary/aromatic N) is 1. The second-order valence-electron chi connectivity index (χ2n) is 5.33. The quantitative estimate of drug-likeness (QED) is 0.778. The van der Waals surface area contributed by atoms with E-state index in [2.05, 4.69) is 16.0 Å². The van der Waals surface area contributed by atoms with Crippen LogP contribution in [-0.4, -0.2) is 48.6 Å². The minimum absolute atomic E-state index is 0.0495. The van der Waals surface area contributed by atoms with Gasteiger partial charge in [-0.1, -0.05) is 18.2 Å². The molecule has 2 rings (SSSR count). The van der Waals surface area contributed by atoms with Crippen LogP contribution < -0.4 is 16.0 Å². The standard InChI is InChI=1S/C15H22N4O2/c1-11-10-19(9-8-16-11)14(20)12(2)17-15(21)18-13-6-4-3-5-7-13/h3-7,11-12,16H,8-10H2,1-2H3,(H2,17,18,21). The highest BCUT2D eigenvalue weighted by Gasteiger charge is 2.25. The van der Waals surface area contributed by atoms with Gasteiger partial charge in [0.05, 0.1) is 0 Å². The number of urea groups is 1. The summed E-state index contributed by atoms with van der Waals surface area (Å²) in [6.45, 7) is 5.88. The maximum Gasteiger partial charge on any atom is 0.319 e. The summed E-state index contributed by atoms with van der Waals surface area (Å²) >= 11 is 0. The van der Waals surface area contributed by atoms with E-state index in [4.69, 9.17) is 0 Å². The number of para-hydroxylation sites is 1. The van der Waals surface area contributed by atoms with Crippen molar-refractivity contribution in [3.63, 3.8) is 0 Å². The lowest BCUT2D eigenvalue weighted by molar-refractivity contribution is -0.133. The molecule has 0 aliphatic carbocycles. The fraction of sp³-hybridized carbons (Fsp3) is 0.467. The molecule has 1 saturated heterocycles. The molecule has 1 heterocycles. The van der Waals surface area contributed by atoms with Gasteiger partial charge in [0.2, 0.25) is 5.91 Å². The van der Waals surface area contributed by atoms with E-state index in [0.717, 1.165) is 6.54 Å². The minimum Gasteiger partial charge on any atom is -0.338 e. The SMILES string of the molecule is CC1CN(C(=O)C(C)NC(=O)Nc2ccccc2)CCN1. The number of rotatable bonds is 3. The molecule has 0 saturated carbocycles. The molecule has 1 fully saturated rings. The lowest BCUT2D eigenvalue weighted by Gasteiger charge is -2.33. The van der Waals surface area contributed by atoms with Gasteiger partial charge in [0.25, 0.3) is 0 Å². The first-order valence-corrected chi connectivity index (χ1v) is 7.21. The Morgan fingerprint density at radius 3 is 2.71 bits per heavy atom. The summed E-state index contributed by atoms with van der Waals surface area (Å²) in [4.78, 5) is 25.9. The molecule has 0 radical (unpaired) electrons. The molecular formula is C15H22N4O2. The van der Waals surface area contributed by atoms with E-state index in [1.165, 1.54) is 0 Å². The number of nitrogens with one attached hydrogen (secondary N) is 3. The molecule has 0 spiro atoms. The summed E-state index contributed by atoms with van der Waals surface area (Å²) in [5.41, 5.74) is 0.699. The molecule has 3 N–H and O–H groups in total. The van der Waals surface area contributed by atoms with Crippen molar-refractivity contribution in [3.8, 4) is 0 Å². The van der Waals surface area contributed by atoms with Gasteiger partial charge in [-0.3, -0.25) is 4.79 Å². The highest BCUT2D eigenvalue weighted by atomic mass is 16.2. The first-order chi connectivity index (χ1) is 10.1.